The Morgan fingerprint density at radius 1 is 1.46 bits per heavy atom. The summed E-state index contributed by atoms with van der Waals surface area (Å²) in [5, 5.41) is 3.91. The number of pyridine rings is 1. The molecular formula is C17H20N4O3. The average Bonchev–Trinajstić information content (AvgIpc) is 3.17. The molecule has 4 rings (SSSR count). The second-order valence-electron chi connectivity index (χ2n) is 6.64. The molecule has 7 heteroatoms. The van der Waals surface area contributed by atoms with Crippen molar-refractivity contribution in [1.29, 1.82) is 0 Å². The van der Waals surface area contributed by atoms with Gasteiger partial charge in [-0.2, -0.15) is 0 Å². The van der Waals surface area contributed by atoms with Crippen LogP contribution >= 0.6 is 0 Å². The van der Waals surface area contributed by atoms with Gasteiger partial charge in [-0.1, -0.05) is 0 Å². The number of nitrogens with one attached hydrogen (secondary N) is 2. The first-order valence-electron chi connectivity index (χ1n) is 8.17. The summed E-state index contributed by atoms with van der Waals surface area (Å²) in [4.78, 5) is 33.9. The summed E-state index contributed by atoms with van der Waals surface area (Å²) in [7, 11) is 0. The number of carbonyl (C=O) groups excluding carboxylic acids is 2. The number of ether oxygens (including phenoxy) is 1. The summed E-state index contributed by atoms with van der Waals surface area (Å²) in [6.45, 7) is 3.76. The third-order valence-electron chi connectivity index (χ3n) is 5.10. The van der Waals surface area contributed by atoms with E-state index in [2.05, 4.69) is 15.3 Å². The smallest absolute Gasteiger partial charge is 0.273 e. The molecule has 24 heavy (non-hydrogen) atoms. The van der Waals surface area contributed by atoms with E-state index in [1.54, 1.807) is 17.3 Å². The van der Waals surface area contributed by atoms with Crippen molar-refractivity contribution >= 4 is 22.7 Å². The van der Waals surface area contributed by atoms with Gasteiger partial charge in [-0.25, -0.2) is 0 Å². The van der Waals surface area contributed by atoms with Crippen LogP contribution in [0.15, 0.2) is 24.5 Å². The van der Waals surface area contributed by atoms with E-state index < -0.39 is 0 Å². The van der Waals surface area contributed by atoms with Crippen molar-refractivity contribution in [3.63, 3.8) is 0 Å². The third-order valence-corrected chi connectivity index (χ3v) is 5.10. The largest absolute Gasteiger partial charge is 0.381 e. The van der Waals surface area contributed by atoms with Crippen molar-refractivity contribution in [2.45, 2.75) is 18.9 Å². The number of amides is 2. The highest BCUT2D eigenvalue weighted by atomic mass is 16.5. The molecule has 2 aromatic heterocycles. The number of nitrogens with zero attached hydrogens (tertiary/aromatic N) is 2. The molecule has 2 saturated heterocycles. The standard InChI is InChI=1S/C17H20N4O3/c1-11(22)20-17-4-7-24-9-12(17)8-21(10-17)16(23)15-13-2-5-18-14(13)3-6-19-15/h2-3,5-6,12,18H,4,7-10H2,1H3,(H,20,22)/t12-,17+/m0/s1. The predicted molar refractivity (Wildman–Crippen MR) is 87.5 cm³/mol. The fourth-order valence-corrected chi connectivity index (χ4v) is 3.96. The molecule has 0 bridgehead atoms. The summed E-state index contributed by atoms with van der Waals surface area (Å²) in [6, 6.07) is 3.72. The van der Waals surface area contributed by atoms with Crippen LogP contribution in [-0.2, 0) is 9.53 Å². The van der Waals surface area contributed by atoms with Crippen molar-refractivity contribution in [1.82, 2.24) is 20.2 Å². The maximum atomic E-state index is 13.0. The number of carbonyl (C=O) groups is 2. The van der Waals surface area contributed by atoms with Crippen LogP contribution in [-0.4, -0.2) is 58.5 Å². The maximum absolute atomic E-state index is 13.0. The Kier molecular flexibility index (Phi) is 3.53. The minimum atomic E-state index is -0.383. The molecule has 2 aliphatic heterocycles. The number of hydrogen-bond donors (Lipinski definition) is 2. The van der Waals surface area contributed by atoms with Crippen LogP contribution in [0.1, 0.15) is 23.8 Å². The van der Waals surface area contributed by atoms with Gasteiger partial charge in [0.2, 0.25) is 5.91 Å². The highest BCUT2D eigenvalue weighted by Crippen LogP contribution is 2.35. The minimum absolute atomic E-state index is 0.0675. The van der Waals surface area contributed by atoms with Gasteiger partial charge in [-0.15, -0.1) is 0 Å². The van der Waals surface area contributed by atoms with E-state index in [1.165, 1.54) is 6.92 Å². The number of fused-ring (bicyclic) bond motifs is 2. The molecule has 4 heterocycles. The van der Waals surface area contributed by atoms with Crippen LogP contribution in [0.4, 0.5) is 0 Å². The van der Waals surface area contributed by atoms with Crippen LogP contribution in [0, 0.1) is 5.92 Å². The Hall–Kier alpha value is -2.41. The number of H-pyrrole nitrogens is 1. The third kappa shape index (κ3) is 2.36. The van der Waals surface area contributed by atoms with E-state index in [4.69, 9.17) is 4.74 Å². The van der Waals surface area contributed by atoms with E-state index >= 15 is 0 Å². The molecule has 126 valence electrons. The molecule has 0 aromatic carbocycles. The zero-order valence-corrected chi connectivity index (χ0v) is 13.5. The van der Waals surface area contributed by atoms with E-state index in [0.717, 1.165) is 17.3 Å². The van der Waals surface area contributed by atoms with Gasteiger partial charge in [0.15, 0.2) is 0 Å². The summed E-state index contributed by atoms with van der Waals surface area (Å²) in [6.07, 6.45) is 4.17. The second-order valence-corrected chi connectivity index (χ2v) is 6.64. The molecule has 0 saturated carbocycles. The number of aromatic nitrogens is 2. The summed E-state index contributed by atoms with van der Waals surface area (Å²) in [5.41, 5.74) is 0.961. The number of aromatic amines is 1. The van der Waals surface area contributed by atoms with Crippen LogP contribution in [0.3, 0.4) is 0 Å². The van der Waals surface area contributed by atoms with Gasteiger partial charge in [-0.05, 0) is 18.6 Å². The number of hydrogen-bond acceptors (Lipinski definition) is 4. The molecule has 2 aliphatic rings. The summed E-state index contributed by atoms with van der Waals surface area (Å²) < 4.78 is 5.57. The molecule has 2 fully saturated rings. The highest BCUT2D eigenvalue weighted by molar-refractivity contribution is 6.04. The summed E-state index contributed by atoms with van der Waals surface area (Å²) >= 11 is 0. The Morgan fingerprint density at radius 2 is 2.33 bits per heavy atom. The average molecular weight is 328 g/mol. The first-order chi connectivity index (χ1) is 11.6. The molecule has 0 unspecified atom stereocenters. The Bertz CT molecular complexity index is 802. The lowest BCUT2D eigenvalue weighted by Crippen LogP contribution is -2.57. The van der Waals surface area contributed by atoms with Crippen LogP contribution in [0.25, 0.3) is 10.9 Å². The van der Waals surface area contributed by atoms with Crippen molar-refractivity contribution < 1.29 is 14.3 Å². The molecular weight excluding hydrogens is 308 g/mol. The lowest BCUT2D eigenvalue weighted by atomic mass is 9.83. The molecule has 2 atom stereocenters. The van der Waals surface area contributed by atoms with Crippen LogP contribution in [0.5, 0.6) is 0 Å². The molecule has 0 aliphatic carbocycles. The van der Waals surface area contributed by atoms with E-state index in [-0.39, 0.29) is 23.3 Å². The SMILES string of the molecule is CC(=O)N[C@@]12CCOC[C@@H]1CN(C(=O)c1nccc3[nH]ccc13)C2. The normalized spacial score (nSPS) is 26.4. The van der Waals surface area contributed by atoms with Crippen molar-refractivity contribution in [2.24, 2.45) is 5.92 Å². The monoisotopic (exact) mass is 328 g/mol. The number of rotatable bonds is 2. The van der Waals surface area contributed by atoms with Crippen molar-refractivity contribution in [3.8, 4) is 0 Å². The minimum Gasteiger partial charge on any atom is -0.381 e. The molecule has 0 spiro atoms. The van der Waals surface area contributed by atoms with Gasteiger partial charge in [0.05, 0.1) is 12.1 Å². The van der Waals surface area contributed by atoms with Crippen LogP contribution < -0.4 is 5.32 Å². The van der Waals surface area contributed by atoms with Gasteiger partial charge >= 0.3 is 0 Å². The molecule has 2 aromatic rings. The Balaban J connectivity index is 1.64. The van der Waals surface area contributed by atoms with Gasteiger partial charge in [0.1, 0.15) is 5.69 Å². The summed E-state index contributed by atoms with van der Waals surface area (Å²) in [5.74, 6) is -0.0501. The van der Waals surface area contributed by atoms with E-state index in [0.29, 0.717) is 32.0 Å². The molecule has 2 N–H and O–H groups in total. The Labute approximate surface area is 139 Å². The number of likely N-dealkylation sites (tertiary alicyclic amines) is 1. The van der Waals surface area contributed by atoms with E-state index in [1.807, 2.05) is 12.1 Å². The first kappa shape index (κ1) is 15.1. The lowest BCUT2D eigenvalue weighted by molar-refractivity contribution is -0.122. The molecule has 0 radical (unpaired) electrons. The van der Waals surface area contributed by atoms with Crippen molar-refractivity contribution in [2.75, 3.05) is 26.3 Å². The predicted octanol–water partition coefficient (Wildman–Crippen LogP) is 0.930. The fraction of sp³-hybridized carbons (Fsp3) is 0.471. The highest BCUT2D eigenvalue weighted by Gasteiger charge is 2.50. The van der Waals surface area contributed by atoms with Gasteiger partial charge in [-0.3, -0.25) is 14.6 Å². The second kappa shape index (κ2) is 5.59. The zero-order valence-electron chi connectivity index (χ0n) is 13.5. The van der Waals surface area contributed by atoms with Gasteiger partial charge in [0.25, 0.3) is 5.91 Å². The van der Waals surface area contributed by atoms with E-state index in [9.17, 15) is 9.59 Å². The zero-order chi connectivity index (χ0) is 16.7. The van der Waals surface area contributed by atoms with Crippen LogP contribution in [0.2, 0.25) is 0 Å². The van der Waals surface area contributed by atoms with Gasteiger partial charge in [0, 0.05) is 55.8 Å². The quantitative estimate of drug-likeness (QED) is 0.858. The van der Waals surface area contributed by atoms with Crippen molar-refractivity contribution in [3.05, 3.63) is 30.2 Å². The maximum Gasteiger partial charge on any atom is 0.273 e. The fourth-order valence-electron chi connectivity index (χ4n) is 3.96. The lowest BCUT2D eigenvalue weighted by Gasteiger charge is -2.38. The topological polar surface area (TPSA) is 87.3 Å². The molecule has 7 nitrogen and oxygen atoms in total. The first-order valence-corrected chi connectivity index (χ1v) is 8.17. The molecule has 2 amide bonds. The van der Waals surface area contributed by atoms with Gasteiger partial charge < -0.3 is 19.9 Å². The Morgan fingerprint density at radius 3 is 3.17 bits per heavy atom.